The molecule has 1 atom stereocenters. The van der Waals surface area contributed by atoms with Crippen LogP contribution in [0.4, 0.5) is 5.82 Å². The highest BCUT2D eigenvalue weighted by molar-refractivity contribution is 5.87. The minimum Gasteiger partial charge on any atom is -0.464 e. The van der Waals surface area contributed by atoms with Crippen LogP contribution in [0.2, 0.25) is 0 Å². The lowest BCUT2D eigenvalue weighted by molar-refractivity contribution is -0.130. The Hall–Kier alpha value is -2.22. The molecule has 114 valence electrons. The Morgan fingerprint density at radius 1 is 1.38 bits per heavy atom. The average Bonchev–Trinajstić information content (AvgIpc) is 2.53. The summed E-state index contributed by atoms with van der Waals surface area (Å²) in [5.41, 5.74) is 0.145. The van der Waals surface area contributed by atoms with Crippen LogP contribution in [-0.4, -0.2) is 73.9 Å². The molecule has 1 saturated heterocycles. The second-order valence-electron chi connectivity index (χ2n) is 4.91. The van der Waals surface area contributed by atoms with Crippen molar-refractivity contribution in [2.45, 2.75) is 6.04 Å². The summed E-state index contributed by atoms with van der Waals surface area (Å²) in [7, 11) is 4.74. The molecule has 1 unspecified atom stereocenters. The molecule has 0 saturated carbocycles. The van der Waals surface area contributed by atoms with Crippen molar-refractivity contribution in [1.82, 2.24) is 20.4 Å². The second-order valence-corrected chi connectivity index (χ2v) is 4.91. The number of rotatable bonds is 3. The number of likely N-dealkylation sites (N-methyl/N-ethyl adjacent to an activating group) is 1. The number of nitrogens with one attached hydrogen (secondary N) is 1. The van der Waals surface area contributed by atoms with E-state index in [1.807, 2.05) is 4.90 Å². The third-order valence-electron chi connectivity index (χ3n) is 3.31. The van der Waals surface area contributed by atoms with Crippen molar-refractivity contribution in [1.29, 1.82) is 0 Å². The van der Waals surface area contributed by atoms with Crippen LogP contribution in [0, 0.1) is 0 Å². The first-order valence-corrected chi connectivity index (χ1v) is 6.65. The van der Waals surface area contributed by atoms with Gasteiger partial charge >= 0.3 is 5.97 Å². The molecule has 0 spiro atoms. The summed E-state index contributed by atoms with van der Waals surface area (Å²) in [5.74, 6) is 0.0423. The Morgan fingerprint density at radius 3 is 2.71 bits per heavy atom. The Labute approximate surface area is 123 Å². The van der Waals surface area contributed by atoms with E-state index in [0.717, 1.165) is 6.54 Å². The van der Waals surface area contributed by atoms with E-state index in [4.69, 9.17) is 0 Å². The summed E-state index contributed by atoms with van der Waals surface area (Å²) >= 11 is 0. The van der Waals surface area contributed by atoms with Crippen LogP contribution in [0.25, 0.3) is 0 Å². The molecule has 8 heteroatoms. The van der Waals surface area contributed by atoms with E-state index in [9.17, 15) is 9.59 Å². The third kappa shape index (κ3) is 3.27. The van der Waals surface area contributed by atoms with Crippen LogP contribution >= 0.6 is 0 Å². The van der Waals surface area contributed by atoms with Crippen LogP contribution in [0.5, 0.6) is 0 Å². The summed E-state index contributed by atoms with van der Waals surface area (Å²) in [6, 6.07) is 2.90. The average molecular weight is 293 g/mol. The number of carbonyl (C=O) groups excluding carboxylic acids is 2. The smallest absolute Gasteiger partial charge is 0.358 e. The first-order valence-electron chi connectivity index (χ1n) is 6.65. The van der Waals surface area contributed by atoms with E-state index in [1.165, 1.54) is 7.11 Å². The van der Waals surface area contributed by atoms with Gasteiger partial charge in [0, 0.05) is 33.7 Å². The van der Waals surface area contributed by atoms with Crippen molar-refractivity contribution in [3.63, 3.8) is 0 Å². The molecule has 0 aliphatic carbocycles. The van der Waals surface area contributed by atoms with E-state index >= 15 is 0 Å². The highest BCUT2D eigenvalue weighted by Gasteiger charge is 2.30. The topological polar surface area (TPSA) is 87.7 Å². The molecule has 2 rings (SSSR count). The number of hydrogen-bond donors (Lipinski definition) is 1. The number of hydrogen-bond acceptors (Lipinski definition) is 7. The molecule has 1 aliphatic heterocycles. The molecular formula is C13H19N5O3. The number of piperazine rings is 1. The lowest BCUT2D eigenvalue weighted by Crippen LogP contribution is -2.58. The van der Waals surface area contributed by atoms with Crippen LogP contribution < -0.4 is 10.2 Å². The number of carbonyl (C=O) groups is 2. The molecule has 1 aromatic rings. The van der Waals surface area contributed by atoms with E-state index in [2.05, 4.69) is 20.3 Å². The van der Waals surface area contributed by atoms with Gasteiger partial charge in [-0.1, -0.05) is 0 Å². The monoisotopic (exact) mass is 293 g/mol. The summed E-state index contributed by atoms with van der Waals surface area (Å²) < 4.78 is 4.59. The van der Waals surface area contributed by atoms with Crippen LogP contribution in [0.3, 0.4) is 0 Å². The van der Waals surface area contributed by atoms with Gasteiger partial charge in [0.05, 0.1) is 7.11 Å². The standard InChI is InChI=1S/C13H19N5O3/c1-17(2)12(19)10-8-14-6-7-18(10)11-5-4-9(15-16-11)13(20)21-3/h4-5,10,14H,6-8H2,1-3H3. The van der Waals surface area contributed by atoms with Crippen molar-refractivity contribution < 1.29 is 14.3 Å². The van der Waals surface area contributed by atoms with E-state index in [-0.39, 0.29) is 17.6 Å². The highest BCUT2D eigenvalue weighted by atomic mass is 16.5. The molecule has 1 fully saturated rings. The zero-order valence-corrected chi connectivity index (χ0v) is 12.4. The molecular weight excluding hydrogens is 274 g/mol. The number of ether oxygens (including phenoxy) is 1. The zero-order valence-electron chi connectivity index (χ0n) is 12.4. The van der Waals surface area contributed by atoms with Crippen LogP contribution in [-0.2, 0) is 9.53 Å². The van der Waals surface area contributed by atoms with Crippen molar-refractivity contribution in [2.75, 3.05) is 45.7 Å². The lowest BCUT2D eigenvalue weighted by atomic mass is 10.1. The van der Waals surface area contributed by atoms with Gasteiger partial charge in [0.25, 0.3) is 0 Å². The molecule has 1 N–H and O–H groups in total. The quantitative estimate of drug-likeness (QED) is 0.725. The number of amides is 1. The predicted octanol–water partition coefficient (Wildman–Crippen LogP) is -0.870. The Balaban J connectivity index is 2.21. The Bertz CT molecular complexity index is 517. The molecule has 21 heavy (non-hydrogen) atoms. The van der Waals surface area contributed by atoms with E-state index in [1.54, 1.807) is 31.1 Å². The fourth-order valence-corrected chi connectivity index (χ4v) is 2.19. The summed E-state index contributed by atoms with van der Waals surface area (Å²) in [6.45, 7) is 1.96. The van der Waals surface area contributed by atoms with Gasteiger partial charge in [0.2, 0.25) is 5.91 Å². The zero-order chi connectivity index (χ0) is 15.4. The number of methoxy groups -OCH3 is 1. The predicted molar refractivity (Wildman–Crippen MR) is 76.1 cm³/mol. The molecule has 1 aromatic heterocycles. The summed E-state index contributed by atoms with van der Waals surface area (Å²) in [6.07, 6.45) is 0. The number of aromatic nitrogens is 2. The van der Waals surface area contributed by atoms with E-state index < -0.39 is 5.97 Å². The van der Waals surface area contributed by atoms with Crippen LogP contribution in [0.15, 0.2) is 12.1 Å². The molecule has 1 aliphatic rings. The largest absolute Gasteiger partial charge is 0.464 e. The van der Waals surface area contributed by atoms with Gasteiger partial charge in [-0.15, -0.1) is 10.2 Å². The van der Waals surface area contributed by atoms with Gasteiger partial charge in [-0.25, -0.2) is 4.79 Å². The van der Waals surface area contributed by atoms with Crippen molar-refractivity contribution in [3.8, 4) is 0 Å². The number of anilines is 1. The number of nitrogens with zero attached hydrogens (tertiary/aromatic N) is 4. The first kappa shape index (κ1) is 15.2. The van der Waals surface area contributed by atoms with Crippen molar-refractivity contribution in [3.05, 3.63) is 17.8 Å². The number of esters is 1. The minimum absolute atomic E-state index is 0.000967. The molecule has 2 heterocycles. The van der Waals surface area contributed by atoms with Gasteiger partial charge in [-0.3, -0.25) is 4.79 Å². The van der Waals surface area contributed by atoms with Gasteiger partial charge in [0.1, 0.15) is 6.04 Å². The first-order chi connectivity index (χ1) is 10.0. The molecule has 0 bridgehead atoms. The second kappa shape index (κ2) is 6.49. The highest BCUT2D eigenvalue weighted by Crippen LogP contribution is 2.16. The fourth-order valence-electron chi connectivity index (χ4n) is 2.19. The molecule has 0 aromatic carbocycles. The van der Waals surface area contributed by atoms with E-state index in [0.29, 0.717) is 18.9 Å². The van der Waals surface area contributed by atoms with Gasteiger partial charge in [-0.2, -0.15) is 0 Å². The summed E-state index contributed by atoms with van der Waals surface area (Å²) in [5, 5.41) is 11.1. The fraction of sp³-hybridized carbons (Fsp3) is 0.538. The maximum atomic E-state index is 12.2. The van der Waals surface area contributed by atoms with Gasteiger partial charge in [0.15, 0.2) is 11.5 Å². The summed E-state index contributed by atoms with van der Waals surface area (Å²) in [4.78, 5) is 27.0. The Morgan fingerprint density at radius 2 is 2.14 bits per heavy atom. The van der Waals surface area contributed by atoms with Crippen molar-refractivity contribution >= 4 is 17.7 Å². The van der Waals surface area contributed by atoms with Gasteiger partial charge in [-0.05, 0) is 12.1 Å². The Kier molecular flexibility index (Phi) is 4.69. The molecule has 1 amide bonds. The maximum Gasteiger partial charge on any atom is 0.358 e. The van der Waals surface area contributed by atoms with Crippen molar-refractivity contribution in [2.24, 2.45) is 0 Å². The van der Waals surface area contributed by atoms with Gasteiger partial charge < -0.3 is 19.9 Å². The normalized spacial score (nSPS) is 18.2. The molecule has 0 radical (unpaired) electrons. The molecule has 8 nitrogen and oxygen atoms in total. The SMILES string of the molecule is COC(=O)c1ccc(N2CCNCC2C(=O)N(C)C)nn1. The maximum absolute atomic E-state index is 12.2. The minimum atomic E-state index is -0.532. The van der Waals surface area contributed by atoms with Crippen LogP contribution in [0.1, 0.15) is 10.5 Å². The lowest BCUT2D eigenvalue weighted by Gasteiger charge is -2.36. The third-order valence-corrected chi connectivity index (χ3v) is 3.31.